The molecule has 0 radical (unpaired) electrons. The quantitative estimate of drug-likeness (QED) is 0.826. The number of rotatable bonds is 3. The van der Waals surface area contributed by atoms with Gasteiger partial charge in [0.05, 0.1) is 23.9 Å². The summed E-state index contributed by atoms with van der Waals surface area (Å²) in [6.45, 7) is 0. The highest BCUT2D eigenvalue weighted by molar-refractivity contribution is 9.11. The van der Waals surface area contributed by atoms with Crippen molar-refractivity contribution in [2.75, 3.05) is 7.11 Å². The molecule has 0 saturated carbocycles. The SMILES string of the molecule is COc1cc(C(N)c2ncc(Br)cc2Br)ccc1Cl. The predicted molar refractivity (Wildman–Crippen MR) is 83.7 cm³/mol. The predicted octanol–water partition coefficient (Wildman–Crippen LogP) is 4.32. The van der Waals surface area contributed by atoms with E-state index < -0.39 is 0 Å². The fourth-order valence-electron chi connectivity index (χ4n) is 1.68. The van der Waals surface area contributed by atoms with Crippen LogP contribution in [0.4, 0.5) is 0 Å². The molecule has 19 heavy (non-hydrogen) atoms. The first kappa shape index (κ1) is 14.8. The number of nitrogens with zero attached hydrogens (tertiary/aromatic N) is 1. The van der Waals surface area contributed by atoms with E-state index in [0.717, 1.165) is 20.2 Å². The number of aromatic nitrogens is 1. The van der Waals surface area contributed by atoms with Crippen molar-refractivity contribution in [3.05, 3.63) is 55.7 Å². The first-order valence-corrected chi connectivity index (χ1v) is 7.39. The zero-order valence-electron chi connectivity index (χ0n) is 10.0. The summed E-state index contributed by atoms with van der Waals surface area (Å²) in [7, 11) is 1.57. The van der Waals surface area contributed by atoms with Crippen molar-refractivity contribution in [3.63, 3.8) is 0 Å². The van der Waals surface area contributed by atoms with Crippen molar-refractivity contribution in [2.45, 2.75) is 6.04 Å². The van der Waals surface area contributed by atoms with Gasteiger partial charge in [0, 0.05) is 15.1 Å². The molecule has 0 saturated heterocycles. The molecule has 2 aromatic rings. The number of methoxy groups -OCH3 is 1. The zero-order valence-corrected chi connectivity index (χ0v) is 14.0. The average Bonchev–Trinajstić information content (AvgIpc) is 2.38. The molecule has 0 aliphatic carbocycles. The second-order valence-electron chi connectivity index (χ2n) is 3.89. The Bertz CT molecular complexity index is 607. The van der Waals surface area contributed by atoms with Gasteiger partial charge in [-0.3, -0.25) is 4.98 Å². The largest absolute Gasteiger partial charge is 0.495 e. The fraction of sp³-hybridized carbons (Fsp3) is 0.154. The van der Waals surface area contributed by atoms with E-state index in [2.05, 4.69) is 36.8 Å². The minimum absolute atomic E-state index is 0.353. The van der Waals surface area contributed by atoms with E-state index >= 15 is 0 Å². The van der Waals surface area contributed by atoms with E-state index in [9.17, 15) is 0 Å². The maximum atomic E-state index is 6.23. The van der Waals surface area contributed by atoms with E-state index in [1.165, 1.54) is 0 Å². The lowest BCUT2D eigenvalue weighted by Crippen LogP contribution is -2.14. The van der Waals surface area contributed by atoms with Gasteiger partial charge in [-0.25, -0.2) is 0 Å². The molecule has 1 aromatic carbocycles. The number of hydrogen-bond acceptors (Lipinski definition) is 3. The number of halogens is 3. The van der Waals surface area contributed by atoms with Crippen LogP contribution in [-0.4, -0.2) is 12.1 Å². The highest BCUT2D eigenvalue weighted by atomic mass is 79.9. The standard InChI is InChI=1S/C13H11Br2ClN2O/c1-19-11-4-7(2-3-10(11)16)12(17)13-9(15)5-8(14)6-18-13/h2-6,12H,17H2,1H3. The maximum Gasteiger partial charge on any atom is 0.137 e. The highest BCUT2D eigenvalue weighted by Crippen LogP contribution is 2.31. The van der Waals surface area contributed by atoms with E-state index in [4.69, 9.17) is 22.1 Å². The Morgan fingerprint density at radius 1 is 1.32 bits per heavy atom. The molecule has 1 heterocycles. The third kappa shape index (κ3) is 3.28. The Kier molecular flexibility index (Phi) is 4.84. The third-order valence-corrected chi connectivity index (χ3v) is 4.05. The summed E-state index contributed by atoms with van der Waals surface area (Å²) in [5.41, 5.74) is 7.88. The van der Waals surface area contributed by atoms with Crippen LogP contribution in [0, 0.1) is 0 Å². The molecule has 0 bridgehead atoms. The molecule has 2 N–H and O–H groups in total. The Balaban J connectivity index is 2.40. The molecule has 1 atom stereocenters. The number of pyridine rings is 1. The lowest BCUT2D eigenvalue weighted by molar-refractivity contribution is 0.414. The van der Waals surface area contributed by atoms with Gasteiger partial charge in [0.2, 0.25) is 0 Å². The molecule has 0 aliphatic heterocycles. The zero-order chi connectivity index (χ0) is 14.0. The molecule has 2 rings (SSSR count). The number of nitrogens with two attached hydrogens (primary N) is 1. The van der Waals surface area contributed by atoms with Gasteiger partial charge < -0.3 is 10.5 Å². The van der Waals surface area contributed by atoms with Crippen LogP contribution in [-0.2, 0) is 0 Å². The minimum Gasteiger partial charge on any atom is -0.495 e. The lowest BCUT2D eigenvalue weighted by Gasteiger charge is -2.15. The molecule has 0 fully saturated rings. The van der Waals surface area contributed by atoms with Gasteiger partial charge in [0.25, 0.3) is 0 Å². The molecule has 1 unspecified atom stereocenters. The fourth-order valence-corrected chi connectivity index (χ4v) is 3.11. The molecule has 100 valence electrons. The van der Waals surface area contributed by atoms with E-state index in [1.807, 2.05) is 18.2 Å². The van der Waals surface area contributed by atoms with Crippen molar-refractivity contribution in [1.82, 2.24) is 4.98 Å². The molecule has 6 heteroatoms. The first-order valence-electron chi connectivity index (χ1n) is 5.43. The molecule has 1 aromatic heterocycles. The number of hydrogen-bond donors (Lipinski definition) is 1. The summed E-state index contributed by atoms with van der Waals surface area (Å²) < 4.78 is 6.94. The summed E-state index contributed by atoms with van der Waals surface area (Å²) >= 11 is 12.8. The topological polar surface area (TPSA) is 48.1 Å². The molecular formula is C13H11Br2ClN2O. The van der Waals surface area contributed by atoms with Crippen LogP contribution in [0.5, 0.6) is 5.75 Å². The number of ether oxygens (including phenoxy) is 1. The Morgan fingerprint density at radius 3 is 2.68 bits per heavy atom. The van der Waals surface area contributed by atoms with Gasteiger partial charge in [0.1, 0.15) is 5.75 Å². The van der Waals surface area contributed by atoms with Crippen molar-refractivity contribution in [2.24, 2.45) is 5.73 Å². The highest BCUT2D eigenvalue weighted by Gasteiger charge is 2.15. The summed E-state index contributed by atoms with van der Waals surface area (Å²) in [5, 5.41) is 0.557. The third-order valence-electron chi connectivity index (χ3n) is 2.67. The summed E-state index contributed by atoms with van der Waals surface area (Å²) in [4.78, 5) is 4.34. The van der Waals surface area contributed by atoms with Gasteiger partial charge >= 0.3 is 0 Å². The summed E-state index contributed by atoms with van der Waals surface area (Å²) in [6.07, 6.45) is 1.72. The Morgan fingerprint density at radius 2 is 2.05 bits per heavy atom. The van der Waals surface area contributed by atoms with Crippen molar-refractivity contribution < 1.29 is 4.74 Å². The van der Waals surface area contributed by atoms with Gasteiger partial charge in [-0.1, -0.05) is 17.7 Å². The van der Waals surface area contributed by atoms with Crippen LogP contribution in [0.25, 0.3) is 0 Å². The lowest BCUT2D eigenvalue weighted by atomic mass is 10.0. The summed E-state index contributed by atoms with van der Waals surface area (Å²) in [6, 6.07) is 7.01. The van der Waals surface area contributed by atoms with Gasteiger partial charge in [-0.15, -0.1) is 0 Å². The Hall–Kier alpha value is -0.620. The van der Waals surface area contributed by atoms with Crippen LogP contribution in [0.1, 0.15) is 17.3 Å². The molecule has 0 aliphatic rings. The van der Waals surface area contributed by atoms with Crippen molar-refractivity contribution >= 4 is 43.5 Å². The second kappa shape index (κ2) is 6.22. The van der Waals surface area contributed by atoms with Crippen LogP contribution in [0.15, 0.2) is 39.4 Å². The molecule has 0 amide bonds. The number of benzene rings is 1. The van der Waals surface area contributed by atoms with Gasteiger partial charge in [0.15, 0.2) is 0 Å². The maximum absolute atomic E-state index is 6.23. The van der Waals surface area contributed by atoms with Crippen molar-refractivity contribution in [3.8, 4) is 5.75 Å². The van der Waals surface area contributed by atoms with Crippen LogP contribution in [0.2, 0.25) is 5.02 Å². The Labute approximate surface area is 133 Å². The summed E-state index contributed by atoms with van der Waals surface area (Å²) in [5.74, 6) is 0.600. The normalized spacial score (nSPS) is 12.3. The van der Waals surface area contributed by atoms with Gasteiger partial charge in [-0.2, -0.15) is 0 Å². The van der Waals surface area contributed by atoms with Crippen LogP contribution < -0.4 is 10.5 Å². The first-order chi connectivity index (χ1) is 9.02. The smallest absolute Gasteiger partial charge is 0.137 e. The van der Waals surface area contributed by atoms with E-state index in [-0.39, 0.29) is 6.04 Å². The monoisotopic (exact) mass is 404 g/mol. The average molecular weight is 407 g/mol. The van der Waals surface area contributed by atoms with Crippen LogP contribution >= 0.6 is 43.5 Å². The van der Waals surface area contributed by atoms with E-state index in [0.29, 0.717) is 10.8 Å². The molecule has 0 spiro atoms. The van der Waals surface area contributed by atoms with Crippen molar-refractivity contribution in [1.29, 1.82) is 0 Å². The minimum atomic E-state index is -0.353. The van der Waals surface area contributed by atoms with Crippen LogP contribution in [0.3, 0.4) is 0 Å². The van der Waals surface area contributed by atoms with E-state index in [1.54, 1.807) is 19.4 Å². The van der Waals surface area contributed by atoms with Gasteiger partial charge in [-0.05, 0) is 55.6 Å². The molecular weight excluding hydrogens is 395 g/mol. The second-order valence-corrected chi connectivity index (χ2v) is 6.07. The molecule has 3 nitrogen and oxygen atoms in total.